The van der Waals surface area contributed by atoms with E-state index >= 15 is 0 Å². The fourth-order valence-corrected chi connectivity index (χ4v) is 1.76. The number of aromatic nitrogens is 1. The number of aliphatic carboxylic acids is 1. The molecular weight excluding hydrogens is 264 g/mol. The highest BCUT2D eigenvalue weighted by molar-refractivity contribution is 6.06. The largest absolute Gasteiger partial charge is 0.478 e. The Hall–Kier alpha value is -2.83. The van der Waals surface area contributed by atoms with Crippen LogP contribution in [0.25, 0.3) is 11.1 Å². The van der Waals surface area contributed by atoms with Crippen molar-refractivity contribution >= 4 is 29.0 Å². The van der Waals surface area contributed by atoms with Gasteiger partial charge in [0, 0.05) is 32.0 Å². The van der Waals surface area contributed by atoms with Crippen LogP contribution in [-0.4, -0.2) is 29.0 Å². The number of nitrogens with zero attached hydrogens (tertiary/aromatic N) is 2. The van der Waals surface area contributed by atoms with Gasteiger partial charge in [-0.05, 0) is 12.1 Å². The van der Waals surface area contributed by atoms with Gasteiger partial charge in [-0.15, -0.1) is 0 Å². The maximum Gasteiger partial charge on any atom is 0.419 e. The van der Waals surface area contributed by atoms with E-state index in [1.165, 1.54) is 15.7 Å². The quantitative estimate of drug-likeness (QED) is 0.383. The smallest absolute Gasteiger partial charge is 0.419 e. The van der Waals surface area contributed by atoms with Gasteiger partial charge < -0.3 is 14.4 Å². The molecule has 0 atom stereocenters. The van der Waals surface area contributed by atoms with Gasteiger partial charge in [0.1, 0.15) is 5.57 Å². The number of hydrogen-bond acceptors (Lipinski definition) is 5. The van der Waals surface area contributed by atoms with Gasteiger partial charge in [0.15, 0.2) is 11.9 Å². The summed E-state index contributed by atoms with van der Waals surface area (Å²) in [5, 5.41) is 8.79. The second-order valence-corrected chi connectivity index (χ2v) is 4.20. The van der Waals surface area contributed by atoms with Crippen LogP contribution < -0.4 is 10.7 Å². The van der Waals surface area contributed by atoms with Crippen LogP contribution in [-0.2, 0) is 16.6 Å². The molecular formula is C13H12N2O5. The summed E-state index contributed by atoms with van der Waals surface area (Å²) in [5.41, 5.74) is 1.23. The number of rotatable bonds is 4. The number of carbonyl (C=O) groups excluding carboxylic acids is 1. The first-order valence-electron chi connectivity index (χ1n) is 5.66. The molecule has 0 amide bonds. The van der Waals surface area contributed by atoms with Gasteiger partial charge in [-0.25, -0.2) is 9.59 Å². The summed E-state index contributed by atoms with van der Waals surface area (Å²) in [6.07, 6.45) is 1.46. The Balaban J connectivity index is 2.45. The lowest BCUT2D eigenvalue weighted by Gasteiger charge is -2.14. The van der Waals surface area contributed by atoms with Crippen molar-refractivity contribution in [2.45, 2.75) is 0 Å². The molecule has 0 saturated heterocycles. The number of carbonyl (C=O) groups is 2. The van der Waals surface area contributed by atoms with E-state index < -0.39 is 11.7 Å². The first-order valence-corrected chi connectivity index (χ1v) is 5.66. The zero-order valence-corrected chi connectivity index (χ0v) is 10.9. The van der Waals surface area contributed by atoms with Gasteiger partial charge in [-0.2, -0.15) is 0 Å². The number of fused-ring (bicyclic) bond motifs is 1. The fourth-order valence-electron chi connectivity index (χ4n) is 1.76. The molecule has 2 rings (SSSR count). The zero-order chi connectivity index (χ0) is 14.9. The van der Waals surface area contributed by atoms with Crippen LogP contribution in [0.3, 0.4) is 0 Å². The van der Waals surface area contributed by atoms with E-state index in [2.05, 4.69) is 0 Å². The van der Waals surface area contributed by atoms with Crippen molar-refractivity contribution in [3.63, 3.8) is 0 Å². The number of aryl methyl sites for hydroxylation is 1. The summed E-state index contributed by atoms with van der Waals surface area (Å²) in [4.78, 5) is 34.2. The molecule has 7 nitrogen and oxygen atoms in total. The van der Waals surface area contributed by atoms with E-state index in [4.69, 9.17) is 9.52 Å². The molecule has 0 bridgehead atoms. The van der Waals surface area contributed by atoms with Crippen LogP contribution in [0.5, 0.6) is 0 Å². The molecule has 0 radical (unpaired) electrons. The van der Waals surface area contributed by atoms with Gasteiger partial charge in [0.05, 0.1) is 5.52 Å². The topological polar surface area (TPSA) is 92.8 Å². The lowest BCUT2D eigenvalue weighted by Crippen LogP contribution is -2.13. The molecule has 0 saturated carbocycles. The van der Waals surface area contributed by atoms with Gasteiger partial charge in [0.2, 0.25) is 0 Å². The van der Waals surface area contributed by atoms with Crippen molar-refractivity contribution in [1.82, 2.24) is 4.57 Å². The summed E-state index contributed by atoms with van der Waals surface area (Å²) in [6, 6.07) is 4.97. The molecule has 1 aromatic heterocycles. The maximum absolute atomic E-state index is 11.4. The molecule has 7 heteroatoms. The van der Waals surface area contributed by atoms with Crippen molar-refractivity contribution in [3.8, 4) is 0 Å². The minimum Gasteiger partial charge on any atom is -0.478 e. The molecule has 1 heterocycles. The van der Waals surface area contributed by atoms with Crippen molar-refractivity contribution in [1.29, 1.82) is 0 Å². The minimum absolute atomic E-state index is 0.264. The molecule has 2 aromatic rings. The van der Waals surface area contributed by atoms with E-state index in [1.54, 1.807) is 32.3 Å². The number of carboxylic acids is 1. The SMILES string of the molecule is CN(/C=C(\C=O)C(=O)O)c1ccc2c(c1)oc(=O)n2C. The standard InChI is InChI=1S/C13H12N2O5/c1-14(6-8(7-16)12(17)18)9-3-4-10-11(5-9)20-13(19)15(10)2/h3-7H,1-2H3,(H,17,18)/b8-6+. The molecule has 0 aliphatic heterocycles. The number of hydrogen-bond donors (Lipinski definition) is 1. The molecule has 1 aromatic carbocycles. The fraction of sp³-hybridized carbons (Fsp3) is 0.154. The number of aldehydes is 1. The Morgan fingerprint density at radius 3 is 2.75 bits per heavy atom. The normalized spacial score (nSPS) is 11.6. The number of benzene rings is 1. The summed E-state index contributed by atoms with van der Waals surface area (Å²) in [6.45, 7) is 0. The van der Waals surface area contributed by atoms with Crippen LogP contribution in [0, 0.1) is 0 Å². The number of carboxylic acid groups (broad SMARTS) is 1. The molecule has 104 valence electrons. The van der Waals surface area contributed by atoms with Gasteiger partial charge in [-0.3, -0.25) is 9.36 Å². The summed E-state index contributed by atoms with van der Waals surface area (Å²) >= 11 is 0. The highest BCUT2D eigenvalue weighted by atomic mass is 16.4. The Labute approximate surface area is 113 Å². The first kappa shape index (κ1) is 13.6. The van der Waals surface area contributed by atoms with Gasteiger partial charge in [-0.1, -0.05) is 0 Å². The molecule has 1 N–H and O–H groups in total. The maximum atomic E-state index is 11.4. The molecule has 0 unspecified atom stereocenters. The Morgan fingerprint density at radius 2 is 2.15 bits per heavy atom. The van der Waals surface area contributed by atoms with E-state index in [-0.39, 0.29) is 11.9 Å². The predicted molar refractivity (Wildman–Crippen MR) is 71.6 cm³/mol. The van der Waals surface area contributed by atoms with Crippen LogP contribution in [0.15, 0.2) is 39.2 Å². The van der Waals surface area contributed by atoms with E-state index in [0.717, 1.165) is 0 Å². The van der Waals surface area contributed by atoms with Crippen molar-refractivity contribution in [2.75, 3.05) is 11.9 Å². The summed E-state index contributed by atoms with van der Waals surface area (Å²) in [5.74, 6) is -1.78. The van der Waals surface area contributed by atoms with E-state index in [9.17, 15) is 14.4 Å². The lowest BCUT2D eigenvalue weighted by atomic mass is 10.2. The highest BCUT2D eigenvalue weighted by Crippen LogP contribution is 2.21. The third-order valence-corrected chi connectivity index (χ3v) is 2.89. The van der Waals surface area contributed by atoms with Gasteiger partial charge >= 0.3 is 11.7 Å². The monoisotopic (exact) mass is 276 g/mol. The number of oxazole rings is 1. The Morgan fingerprint density at radius 1 is 1.45 bits per heavy atom. The molecule has 0 aliphatic rings. The molecule has 0 aliphatic carbocycles. The van der Waals surface area contributed by atoms with E-state index in [0.29, 0.717) is 16.8 Å². The highest BCUT2D eigenvalue weighted by Gasteiger charge is 2.10. The van der Waals surface area contributed by atoms with Crippen LogP contribution >= 0.6 is 0 Å². The van der Waals surface area contributed by atoms with E-state index in [1.807, 2.05) is 0 Å². The molecule has 0 fully saturated rings. The third kappa shape index (κ3) is 2.33. The van der Waals surface area contributed by atoms with Crippen molar-refractivity contribution < 1.29 is 19.1 Å². The average molecular weight is 276 g/mol. The predicted octanol–water partition coefficient (Wildman–Crippen LogP) is 0.735. The molecule has 20 heavy (non-hydrogen) atoms. The van der Waals surface area contributed by atoms with Crippen molar-refractivity contribution in [3.05, 3.63) is 40.5 Å². The summed E-state index contributed by atoms with van der Waals surface area (Å²) in [7, 11) is 3.18. The minimum atomic E-state index is -1.31. The second kappa shape index (κ2) is 5.04. The van der Waals surface area contributed by atoms with Gasteiger partial charge in [0.25, 0.3) is 0 Å². The summed E-state index contributed by atoms with van der Waals surface area (Å²) < 4.78 is 6.41. The van der Waals surface area contributed by atoms with Crippen LogP contribution in [0.4, 0.5) is 5.69 Å². The Kier molecular flexibility index (Phi) is 3.43. The van der Waals surface area contributed by atoms with Crippen LogP contribution in [0.1, 0.15) is 0 Å². The molecule has 0 spiro atoms. The lowest BCUT2D eigenvalue weighted by molar-refractivity contribution is -0.133. The van der Waals surface area contributed by atoms with Crippen LogP contribution in [0.2, 0.25) is 0 Å². The second-order valence-electron chi connectivity index (χ2n) is 4.20. The average Bonchev–Trinajstić information content (AvgIpc) is 2.70. The Bertz CT molecular complexity index is 769. The third-order valence-electron chi connectivity index (χ3n) is 2.89. The van der Waals surface area contributed by atoms with Crippen molar-refractivity contribution in [2.24, 2.45) is 7.05 Å². The first-order chi connectivity index (χ1) is 9.43. The number of anilines is 1. The zero-order valence-electron chi connectivity index (χ0n) is 10.9.